The number of nitrogens with zero attached hydrogens (tertiary/aromatic N) is 5. The lowest BCUT2D eigenvalue weighted by Crippen LogP contribution is -2.65. The Morgan fingerprint density at radius 1 is 1.00 bits per heavy atom. The normalized spacial score (nSPS) is 25.4. The number of ether oxygens (including phenoxy) is 2. The zero-order valence-electron chi connectivity index (χ0n) is 28.9. The average molecular weight is 663 g/mol. The molecule has 260 valence electrons. The second kappa shape index (κ2) is 13.6. The highest BCUT2D eigenvalue weighted by Crippen LogP contribution is 2.54. The minimum absolute atomic E-state index is 0.00517. The van der Waals surface area contributed by atoms with Crippen LogP contribution in [0.1, 0.15) is 56.0 Å². The van der Waals surface area contributed by atoms with Gasteiger partial charge in [-0.25, -0.2) is 0 Å². The van der Waals surface area contributed by atoms with Gasteiger partial charge in [0.15, 0.2) is 0 Å². The lowest BCUT2D eigenvalue weighted by atomic mass is 9.70. The first-order chi connectivity index (χ1) is 22.9. The van der Waals surface area contributed by atoms with E-state index in [-0.39, 0.29) is 47.4 Å². The highest BCUT2D eigenvalue weighted by molar-refractivity contribution is 5.96. The van der Waals surface area contributed by atoms with Gasteiger partial charge in [0.1, 0.15) is 6.04 Å². The van der Waals surface area contributed by atoms with Gasteiger partial charge in [-0.3, -0.25) is 23.9 Å². The fourth-order valence-electron chi connectivity index (χ4n) is 7.90. The number of amides is 4. The van der Waals surface area contributed by atoms with E-state index in [1.807, 2.05) is 40.1 Å². The highest BCUT2D eigenvalue weighted by Gasteiger charge is 2.62. The molecule has 3 saturated heterocycles. The number of carbonyl (C=O) groups is 4. The fraction of sp³-hybridized carbons (Fsp3) is 0.639. The van der Waals surface area contributed by atoms with Crippen LogP contribution in [-0.2, 0) is 30.4 Å². The van der Waals surface area contributed by atoms with E-state index in [1.54, 1.807) is 36.0 Å². The Kier molecular flexibility index (Phi) is 9.68. The third-order valence-electron chi connectivity index (χ3n) is 11.1. The van der Waals surface area contributed by atoms with Crippen molar-refractivity contribution >= 4 is 23.6 Å². The number of rotatable bonds is 11. The maximum atomic E-state index is 14.3. The van der Waals surface area contributed by atoms with E-state index in [1.165, 1.54) is 7.11 Å². The van der Waals surface area contributed by atoms with Crippen LogP contribution in [0.5, 0.6) is 0 Å². The quantitative estimate of drug-likeness (QED) is 0.392. The standard InChI is InChI=1S/C36H50N6O6/c1-24(48-5)30(34(46)39-13-9-12-26(16-39)20-47-4)38-31(43)29-19-40(21-36(29)22-41(23-36)33(45)28-14-35(28,2)3)32(44)27-15-37-42(18-27)17-25-10-7-6-8-11-25/h6-8,10-11,15,18,24,26,28-30H,9,12-14,16-17,19-23H2,1-5H3,(H,38,43)/t24-,26+,28-,29+,30+/m1/s1. The molecule has 1 N–H and O–H groups in total. The Bertz CT molecular complexity index is 1500. The first kappa shape index (κ1) is 34.1. The number of hydrogen-bond donors (Lipinski definition) is 1. The van der Waals surface area contributed by atoms with Gasteiger partial charge in [0.05, 0.1) is 36.9 Å². The molecule has 1 aliphatic carbocycles. The van der Waals surface area contributed by atoms with E-state index in [0.717, 1.165) is 24.8 Å². The monoisotopic (exact) mass is 662 g/mol. The van der Waals surface area contributed by atoms with Crippen LogP contribution in [0.3, 0.4) is 0 Å². The molecule has 1 aromatic heterocycles. The molecule has 12 nitrogen and oxygen atoms in total. The minimum atomic E-state index is -0.883. The molecule has 2 aromatic rings. The van der Waals surface area contributed by atoms with E-state index < -0.39 is 23.5 Å². The maximum Gasteiger partial charge on any atom is 0.257 e. The van der Waals surface area contributed by atoms with Crippen molar-refractivity contribution in [2.24, 2.45) is 28.6 Å². The number of methoxy groups -OCH3 is 2. The van der Waals surface area contributed by atoms with Gasteiger partial charge in [-0.15, -0.1) is 0 Å². The van der Waals surface area contributed by atoms with Crippen molar-refractivity contribution in [3.8, 4) is 0 Å². The predicted octanol–water partition coefficient (Wildman–Crippen LogP) is 2.28. The Balaban J connectivity index is 1.19. The Hall–Kier alpha value is -3.77. The SMILES string of the molecule is COC[C@H]1CCCN(C(=O)[C@@H](NC(=O)[C@@H]2CN(C(=O)c3cnn(Cc4ccccc4)c3)CC23CN(C(=O)[C@H]2CC2(C)C)C3)[C@@H](C)OC)C1. The summed E-state index contributed by atoms with van der Waals surface area (Å²) in [7, 11) is 3.20. The molecule has 4 fully saturated rings. The summed E-state index contributed by atoms with van der Waals surface area (Å²) in [5, 5.41) is 7.48. The van der Waals surface area contributed by atoms with Crippen molar-refractivity contribution in [1.29, 1.82) is 0 Å². The summed E-state index contributed by atoms with van der Waals surface area (Å²) < 4.78 is 12.7. The lowest BCUT2D eigenvalue weighted by molar-refractivity contribution is -0.153. The summed E-state index contributed by atoms with van der Waals surface area (Å²) in [6.45, 7) is 9.61. The largest absolute Gasteiger partial charge is 0.384 e. The van der Waals surface area contributed by atoms with Crippen LogP contribution in [0.4, 0.5) is 0 Å². The highest BCUT2D eigenvalue weighted by atomic mass is 16.5. The van der Waals surface area contributed by atoms with E-state index in [0.29, 0.717) is 51.4 Å². The van der Waals surface area contributed by atoms with Crippen molar-refractivity contribution in [2.45, 2.75) is 58.7 Å². The van der Waals surface area contributed by atoms with Crippen LogP contribution in [-0.4, -0.2) is 120 Å². The third kappa shape index (κ3) is 6.87. The number of likely N-dealkylation sites (tertiary alicyclic amines) is 3. The van der Waals surface area contributed by atoms with E-state index in [4.69, 9.17) is 9.47 Å². The molecular formula is C36H50N6O6. The zero-order chi connectivity index (χ0) is 34.2. The molecule has 48 heavy (non-hydrogen) atoms. The molecule has 1 saturated carbocycles. The molecule has 0 radical (unpaired) electrons. The molecular weight excluding hydrogens is 612 g/mol. The van der Waals surface area contributed by atoms with Gasteiger partial charge in [0, 0.05) is 71.0 Å². The van der Waals surface area contributed by atoms with Crippen LogP contribution < -0.4 is 5.32 Å². The smallest absolute Gasteiger partial charge is 0.257 e. The number of benzene rings is 1. The molecule has 1 aromatic carbocycles. The molecule has 4 aliphatic rings. The van der Waals surface area contributed by atoms with Crippen molar-refractivity contribution < 1.29 is 28.7 Å². The number of piperidine rings is 1. The molecule has 1 spiro atoms. The van der Waals surface area contributed by atoms with Crippen molar-refractivity contribution in [1.82, 2.24) is 29.8 Å². The van der Waals surface area contributed by atoms with Crippen LogP contribution in [0, 0.1) is 28.6 Å². The molecule has 6 rings (SSSR count). The van der Waals surface area contributed by atoms with Crippen molar-refractivity contribution in [3.63, 3.8) is 0 Å². The van der Waals surface area contributed by atoms with Gasteiger partial charge in [-0.2, -0.15) is 5.10 Å². The Labute approximate surface area is 283 Å². The average Bonchev–Trinajstić information content (AvgIpc) is 3.37. The van der Waals surface area contributed by atoms with E-state index in [2.05, 4.69) is 24.3 Å². The summed E-state index contributed by atoms with van der Waals surface area (Å²) in [5.74, 6) is -0.915. The topological polar surface area (TPSA) is 126 Å². The van der Waals surface area contributed by atoms with Gasteiger partial charge >= 0.3 is 0 Å². The Morgan fingerprint density at radius 2 is 1.71 bits per heavy atom. The molecule has 0 bridgehead atoms. The van der Waals surface area contributed by atoms with Gasteiger partial charge in [-0.05, 0) is 43.1 Å². The molecule has 12 heteroatoms. The number of aromatic nitrogens is 2. The van der Waals surface area contributed by atoms with Crippen molar-refractivity contribution in [2.75, 3.05) is 60.1 Å². The second-order valence-electron chi connectivity index (χ2n) is 15.1. The molecule has 4 heterocycles. The molecule has 5 atom stereocenters. The number of nitrogens with one attached hydrogen (secondary N) is 1. The van der Waals surface area contributed by atoms with Gasteiger partial charge in [-0.1, -0.05) is 44.2 Å². The molecule has 4 amide bonds. The third-order valence-corrected chi connectivity index (χ3v) is 11.1. The summed E-state index contributed by atoms with van der Waals surface area (Å²) in [4.78, 5) is 60.7. The van der Waals surface area contributed by atoms with Gasteiger partial charge in [0.2, 0.25) is 17.7 Å². The van der Waals surface area contributed by atoms with Gasteiger partial charge in [0.25, 0.3) is 5.91 Å². The van der Waals surface area contributed by atoms with Crippen LogP contribution >= 0.6 is 0 Å². The first-order valence-electron chi connectivity index (χ1n) is 17.2. The second-order valence-corrected chi connectivity index (χ2v) is 15.1. The summed E-state index contributed by atoms with van der Waals surface area (Å²) in [5.41, 5.74) is 0.913. The predicted molar refractivity (Wildman–Crippen MR) is 178 cm³/mol. The molecule has 0 unspecified atom stereocenters. The lowest BCUT2D eigenvalue weighted by Gasteiger charge is -2.50. The van der Waals surface area contributed by atoms with E-state index >= 15 is 0 Å². The number of carbonyl (C=O) groups excluding carboxylic acids is 4. The number of hydrogen-bond acceptors (Lipinski definition) is 7. The zero-order valence-corrected chi connectivity index (χ0v) is 28.9. The van der Waals surface area contributed by atoms with Crippen LogP contribution in [0.25, 0.3) is 0 Å². The summed E-state index contributed by atoms with van der Waals surface area (Å²) >= 11 is 0. The first-order valence-corrected chi connectivity index (χ1v) is 17.2. The fourth-order valence-corrected chi connectivity index (χ4v) is 7.90. The van der Waals surface area contributed by atoms with Crippen molar-refractivity contribution in [3.05, 3.63) is 53.9 Å². The maximum absolute atomic E-state index is 14.3. The minimum Gasteiger partial charge on any atom is -0.384 e. The summed E-state index contributed by atoms with van der Waals surface area (Å²) in [6, 6.07) is 9.02. The molecule has 3 aliphatic heterocycles. The van der Waals surface area contributed by atoms with Crippen LogP contribution in [0.15, 0.2) is 42.7 Å². The van der Waals surface area contributed by atoms with Crippen LogP contribution in [0.2, 0.25) is 0 Å². The van der Waals surface area contributed by atoms with Gasteiger partial charge < -0.3 is 29.5 Å². The van der Waals surface area contributed by atoms with E-state index in [9.17, 15) is 19.2 Å². The summed E-state index contributed by atoms with van der Waals surface area (Å²) in [6.07, 6.45) is 5.46. The Morgan fingerprint density at radius 3 is 2.38 bits per heavy atom.